The second-order valence-corrected chi connectivity index (χ2v) is 6.76. The first-order chi connectivity index (χ1) is 13.1. The maximum Gasteiger partial charge on any atom is 0.244 e. The van der Waals surface area contributed by atoms with Crippen molar-refractivity contribution in [1.29, 1.82) is 5.26 Å². The predicted molar refractivity (Wildman–Crippen MR) is 103 cm³/mol. The summed E-state index contributed by atoms with van der Waals surface area (Å²) in [5.41, 5.74) is 2.51. The van der Waals surface area contributed by atoms with Crippen molar-refractivity contribution in [3.8, 4) is 6.07 Å². The lowest BCUT2D eigenvalue weighted by atomic mass is 10.0. The smallest absolute Gasteiger partial charge is 0.244 e. The van der Waals surface area contributed by atoms with Gasteiger partial charge in [0.15, 0.2) is 0 Å². The molecule has 5 heteroatoms. The molecule has 4 nitrogen and oxygen atoms in total. The number of halogens is 1. The molecule has 0 atom stereocenters. The summed E-state index contributed by atoms with van der Waals surface area (Å²) < 4.78 is 13.0. The van der Waals surface area contributed by atoms with Crippen LogP contribution in [0.5, 0.6) is 0 Å². The largest absolute Gasteiger partial charge is 0.350 e. The van der Waals surface area contributed by atoms with Crippen LogP contribution in [0, 0.1) is 17.1 Å². The van der Waals surface area contributed by atoms with Crippen molar-refractivity contribution >= 4 is 12.0 Å². The zero-order chi connectivity index (χ0) is 19.1. The fraction of sp³-hybridized carbons (Fsp3) is 0.273. The molecule has 0 aliphatic carbocycles. The van der Waals surface area contributed by atoms with Crippen molar-refractivity contribution in [1.82, 2.24) is 10.2 Å². The van der Waals surface area contributed by atoms with Gasteiger partial charge in [-0.05, 0) is 54.3 Å². The van der Waals surface area contributed by atoms with Crippen LogP contribution in [0.1, 0.15) is 29.5 Å². The van der Waals surface area contributed by atoms with Gasteiger partial charge in [0.1, 0.15) is 5.82 Å². The van der Waals surface area contributed by atoms with Gasteiger partial charge in [-0.3, -0.25) is 9.69 Å². The van der Waals surface area contributed by atoms with Crippen molar-refractivity contribution in [3.05, 3.63) is 77.1 Å². The Kier molecular flexibility index (Phi) is 6.35. The Hall–Kier alpha value is -2.97. The molecule has 1 aliphatic heterocycles. The van der Waals surface area contributed by atoms with E-state index in [1.165, 1.54) is 18.2 Å². The standard InChI is InChI=1S/C22H22FN3O/c23-20-7-4-18(5-8-20)16-26-12-10-21(11-13-26)25-22(27)9-6-17-2-1-3-19(14-17)15-24/h1-9,14,21H,10-13,16H2,(H,25,27). The van der Waals surface area contributed by atoms with Gasteiger partial charge in [0, 0.05) is 31.8 Å². The summed E-state index contributed by atoms with van der Waals surface area (Å²) in [5, 5.41) is 12.0. The number of hydrogen-bond acceptors (Lipinski definition) is 3. The van der Waals surface area contributed by atoms with E-state index in [9.17, 15) is 9.18 Å². The van der Waals surface area contributed by atoms with Crippen LogP contribution < -0.4 is 5.32 Å². The van der Waals surface area contributed by atoms with E-state index in [1.807, 2.05) is 18.2 Å². The van der Waals surface area contributed by atoms with Crippen molar-refractivity contribution < 1.29 is 9.18 Å². The number of nitriles is 1. The first kappa shape index (κ1) is 18.8. The summed E-state index contributed by atoms with van der Waals surface area (Å²) in [6.45, 7) is 2.60. The fourth-order valence-electron chi connectivity index (χ4n) is 3.22. The average Bonchev–Trinajstić information content (AvgIpc) is 2.70. The van der Waals surface area contributed by atoms with Crippen LogP contribution in [0.4, 0.5) is 4.39 Å². The summed E-state index contributed by atoms with van der Waals surface area (Å²) in [4.78, 5) is 14.5. The molecular weight excluding hydrogens is 341 g/mol. The average molecular weight is 363 g/mol. The van der Waals surface area contributed by atoms with E-state index >= 15 is 0 Å². The fourth-order valence-corrected chi connectivity index (χ4v) is 3.22. The van der Waals surface area contributed by atoms with Gasteiger partial charge < -0.3 is 5.32 Å². The van der Waals surface area contributed by atoms with E-state index in [0.717, 1.165) is 43.6 Å². The molecule has 2 aromatic carbocycles. The normalized spacial score (nSPS) is 15.6. The maximum atomic E-state index is 13.0. The number of benzene rings is 2. The molecule has 0 radical (unpaired) electrons. The second kappa shape index (κ2) is 9.11. The van der Waals surface area contributed by atoms with E-state index in [4.69, 9.17) is 5.26 Å². The molecule has 27 heavy (non-hydrogen) atoms. The highest BCUT2D eigenvalue weighted by atomic mass is 19.1. The van der Waals surface area contributed by atoms with E-state index in [-0.39, 0.29) is 17.8 Å². The number of piperidine rings is 1. The van der Waals surface area contributed by atoms with Gasteiger partial charge in [-0.15, -0.1) is 0 Å². The molecule has 1 amide bonds. The molecule has 0 aromatic heterocycles. The number of nitrogens with zero attached hydrogens (tertiary/aromatic N) is 2. The van der Waals surface area contributed by atoms with Gasteiger partial charge in [0.2, 0.25) is 5.91 Å². The third kappa shape index (κ3) is 5.77. The lowest BCUT2D eigenvalue weighted by molar-refractivity contribution is -0.117. The van der Waals surface area contributed by atoms with Gasteiger partial charge in [0.05, 0.1) is 11.6 Å². The van der Waals surface area contributed by atoms with Gasteiger partial charge >= 0.3 is 0 Å². The molecule has 138 valence electrons. The van der Waals surface area contributed by atoms with Crippen LogP contribution in [-0.4, -0.2) is 29.9 Å². The van der Waals surface area contributed by atoms with E-state index in [2.05, 4.69) is 16.3 Å². The van der Waals surface area contributed by atoms with Crippen molar-refractivity contribution in [2.75, 3.05) is 13.1 Å². The van der Waals surface area contributed by atoms with Crippen LogP contribution >= 0.6 is 0 Å². The molecular formula is C22H22FN3O. The Morgan fingerprint density at radius 3 is 2.67 bits per heavy atom. The number of carbonyl (C=O) groups excluding carboxylic acids is 1. The van der Waals surface area contributed by atoms with E-state index < -0.39 is 0 Å². The summed E-state index contributed by atoms with van der Waals surface area (Å²) in [6, 6.07) is 16.0. The molecule has 1 N–H and O–H groups in total. The molecule has 0 bridgehead atoms. The monoisotopic (exact) mass is 363 g/mol. The Labute approximate surface area is 158 Å². The summed E-state index contributed by atoms with van der Waals surface area (Å²) in [5.74, 6) is -0.332. The molecule has 1 saturated heterocycles. The molecule has 1 aliphatic rings. The van der Waals surface area contributed by atoms with Crippen LogP contribution in [0.3, 0.4) is 0 Å². The topological polar surface area (TPSA) is 56.1 Å². The Morgan fingerprint density at radius 2 is 1.96 bits per heavy atom. The lowest BCUT2D eigenvalue weighted by Crippen LogP contribution is -2.43. The van der Waals surface area contributed by atoms with Gasteiger partial charge in [-0.2, -0.15) is 5.26 Å². The third-order valence-electron chi connectivity index (χ3n) is 4.70. The van der Waals surface area contributed by atoms with Crippen LogP contribution in [0.15, 0.2) is 54.6 Å². The van der Waals surface area contributed by atoms with E-state index in [0.29, 0.717) is 5.56 Å². The van der Waals surface area contributed by atoms with E-state index in [1.54, 1.807) is 24.3 Å². The summed E-state index contributed by atoms with van der Waals surface area (Å²) in [6.07, 6.45) is 5.02. The minimum Gasteiger partial charge on any atom is -0.350 e. The summed E-state index contributed by atoms with van der Waals surface area (Å²) >= 11 is 0. The Bertz CT molecular complexity index is 847. The van der Waals surface area contributed by atoms with Crippen molar-refractivity contribution in [2.45, 2.75) is 25.4 Å². The number of hydrogen-bond donors (Lipinski definition) is 1. The van der Waals surface area contributed by atoms with Crippen LogP contribution in [-0.2, 0) is 11.3 Å². The number of likely N-dealkylation sites (tertiary alicyclic amines) is 1. The second-order valence-electron chi connectivity index (χ2n) is 6.76. The molecule has 0 spiro atoms. The van der Waals surface area contributed by atoms with Crippen LogP contribution in [0.25, 0.3) is 6.08 Å². The zero-order valence-corrected chi connectivity index (χ0v) is 15.1. The number of nitrogens with one attached hydrogen (secondary N) is 1. The highest BCUT2D eigenvalue weighted by molar-refractivity contribution is 5.91. The Morgan fingerprint density at radius 1 is 1.22 bits per heavy atom. The highest BCUT2D eigenvalue weighted by Gasteiger charge is 2.20. The molecule has 1 fully saturated rings. The first-order valence-electron chi connectivity index (χ1n) is 9.08. The zero-order valence-electron chi connectivity index (χ0n) is 15.1. The SMILES string of the molecule is N#Cc1cccc(C=CC(=O)NC2CCN(Cc3ccc(F)cc3)CC2)c1. The van der Waals surface area contributed by atoms with Crippen molar-refractivity contribution in [3.63, 3.8) is 0 Å². The van der Waals surface area contributed by atoms with Gasteiger partial charge in [0.25, 0.3) is 0 Å². The minimum atomic E-state index is -0.215. The number of amides is 1. The van der Waals surface area contributed by atoms with Gasteiger partial charge in [-0.1, -0.05) is 24.3 Å². The molecule has 0 saturated carbocycles. The first-order valence-corrected chi connectivity index (χ1v) is 9.08. The predicted octanol–water partition coefficient (Wildman–Crippen LogP) is 3.49. The lowest BCUT2D eigenvalue weighted by Gasteiger charge is -2.32. The molecule has 3 rings (SSSR count). The molecule has 2 aromatic rings. The minimum absolute atomic E-state index is 0.116. The Balaban J connectivity index is 1.44. The molecule has 0 unspecified atom stereocenters. The van der Waals surface area contributed by atoms with Crippen molar-refractivity contribution in [2.24, 2.45) is 0 Å². The molecule has 1 heterocycles. The third-order valence-corrected chi connectivity index (χ3v) is 4.70. The number of carbonyl (C=O) groups is 1. The quantitative estimate of drug-likeness (QED) is 0.828. The summed E-state index contributed by atoms with van der Waals surface area (Å²) in [7, 11) is 0. The van der Waals surface area contributed by atoms with Gasteiger partial charge in [-0.25, -0.2) is 4.39 Å². The number of rotatable bonds is 5. The highest BCUT2D eigenvalue weighted by Crippen LogP contribution is 2.14. The van der Waals surface area contributed by atoms with Crippen LogP contribution in [0.2, 0.25) is 0 Å². The maximum absolute atomic E-state index is 13.0.